The zero-order valence-corrected chi connectivity index (χ0v) is 12.9. The molecule has 2 atom stereocenters. The number of sulfonamides is 1. The topological polar surface area (TPSA) is 46.2 Å². The van der Waals surface area contributed by atoms with Gasteiger partial charge >= 0.3 is 0 Å². The second-order valence-electron chi connectivity index (χ2n) is 4.56. The summed E-state index contributed by atoms with van der Waals surface area (Å²) in [5.41, 5.74) is 0. The molecule has 1 fully saturated rings. The van der Waals surface area contributed by atoms with Crippen LogP contribution in [0.4, 0.5) is 0 Å². The number of alkyl halides is 1. The highest BCUT2D eigenvalue weighted by Crippen LogP contribution is 2.30. The summed E-state index contributed by atoms with van der Waals surface area (Å²) in [7, 11) is -3.49. The predicted octanol–water partition coefficient (Wildman–Crippen LogP) is 3.18. The minimum atomic E-state index is -3.49. The molecule has 1 aliphatic rings. The first-order valence-electron chi connectivity index (χ1n) is 5.87. The minimum Gasteiger partial charge on any atom is -0.211 e. The molecule has 1 saturated carbocycles. The number of rotatable bonds is 4. The summed E-state index contributed by atoms with van der Waals surface area (Å²) in [5, 5.41) is 0.259. The molecule has 0 saturated heterocycles. The van der Waals surface area contributed by atoms with Crippen LogP contribution in [-0.2, 0) is 10.0 Å². The molecule has 0 bridgehead atoms. The molecule has 2 rings (SSSR count). The Balaban J connectivity index is 2.02. The van der Waals surface area contributed by atoms with Gasteiger partial charge < -0.3 is 0 Å². The lowest BCUT2D eigenvalue weighted by molar-refractivity contribution is 0.521. The van der Waals surface area contributed by atoms with Gasteiger partial charge in [-0.3, -0.25) is 0 Å². The first kappa shape index (κ1) is 14.3. The highest BCUT2D eigenvalue weighted by Gasteiger charge is 2.25. The zero-order valence-electron chi connectivity index (χ0n) is 9.77. The summed E-state index contributed by atoms with van der Waals surface area (Å²) >= 11 is 9.46. The second kappa shape index (κ2) is 5.90. The molecular formula is C12H15BrClNO2S. The van der Waals surface area contributed by atoms with Gasteiger partial charge in [-0.1, -0.05) is 39.7 Å². The summed E-state index contributed by atoms with van der Waals surface area (Å²) in [4.78, 5) is 0.673. The quantitative estimate of drug-likeness (QED) is 0.846. The van der Waals surface area contributed by atoms with Crippen molar-refractivity contribution < 1.29 is 8.42 Å². The molecule has 18 heavy (non-hydrogen) atoms. The van der Waals surface area contributed by atoms with Crippen LogP contribution < -0.4 is 4.72 Å². The Labute approximate surface area is 121 Å². The van der Waals surface area contributed by atoms with Gasteiger partial charge in [-0.05, 0) is 37.3 Å². The molecule has 2 unspecified atom stereocenters. The minimum absolute atomic E-state index is 0.153. The second-order valence-corrected chi connectivity index (χ2v) is 8.00. The summed E-state index contributed by atoms with van der Waals surface area (Å²) in [6.07, 6.45) is 3.19. The number of halogens is 2. The van der Waals surface area contributed by atoms with E-state index in [2.05, 4.69) is 20.7 Å². The summed E-state index contributed by atoms with van der Waals surface area (Å²) in [6, 6.07) is 6.49. The number of hydrogen-bond acceptors (Lipinski definition) is 2. The average Bonchev–Trinajstić information content (AvgIpc) is 2.73. The average molecular weight is 353 g/mol. The maximum atomic E-state index is 12.1. The molecule has 100 valence electrons. The molecule has 6 heteroatoms. The van der Waals surface area contributed by atoms with Crippen molar-refractivity contribution in [2.75, 3.05) is 6.54 Å². The molecule has 0 amide bonds. The molecule has 0 radical (unpaired) electrons. The third-order valence-corrected chi connectivity index (χ3v) is 5.92. The van der Waals surface area contributed by atoms with Crippen LogP contribution in [0, 0.1) is 5.92 Å². The molecule has 1 aromatic carbocycles. The van der Waals surface area contributed by atoms with E-state index in [9.17, 15) is 8.42 Å². The Hall–Kier alpha value is -0.100. The molecule has 0 heterocycles. The standard InChI is InChI=1S/C12H15BrClNO2S/c13-10-6-5-9(7-10)8-15-18(16,17)12-4-2-1-3-11(12)14/h1-4,9-10,15H,5-8H2. The van der Waals surface area contributed by atoms with Gasteiger partial charge in [0.1, 0.15) is 4.90 Å². The van der Waals surface area contributed by atoms with Gasteiger partial charge in [0.15, 0.2) is 0 Å². The summed E-state index contributed by atoms with van der Waals surface area (Å²) < 4.78 is 26.8. The third kappa shape index (κ3) is 3.47. The number of hydrogen-bond donors (Lipinski definition) is 1. The van der Waals surface area contributed by atoms with Gasteiger partial charge in [0.25, 0.3) is 0 Å². The van der Waals surface area contributed by atoms with Crippen LogP contribution in [0.15, 0.2) is 29.2 Å². The largest absolute Gasteiger partial charge is 0.242 e. The van der Waals surface area contributed by atoms with E-state index in [0.29, 0.717) is 17.3 Å². The van der Waals surface area contributed by atoms with Crippen molar-refractivity contribution in [2.24, 2.45) is 5.92 Å². The van der Waals surface area contributed by atoms with Crippen molar-refractivity contribution in [2.45, 2.75) is 29.0 Å². The first-order chi connectivity index (χ1) is 8.49. The van der Waals surface area contributed by atoms with Gasteiger partial charge in [0, 0.05) is 11.4 Å². The van der Waals surface area contributed by atoms with Crippen LogP contribution in [0.2, 0.25) is 5.02 Å². The SMILES string of the molecule is O=S(=O)(NCC1CCC(Br)C1)c1ccccc1Cl. The van der Waals surface area contributed by atoms with Gasteiger partial charge in [0.05, 0.1) is 5.02 Å². The lowest BCUT2D eigenvalue weighted by atomic mass is 10.1. The van der Waals surface area contributed by atoms with Crippen molar-refractivity contribution in [1.29, 1.82) is 0 Å². The molecular weight excluding hydrogens is 338 g/mol. The molecule has 0 aliphatic heterocycles. The van der Waals surface area contributed by atoms with Gasteiger partial charge in [-0.2, -0.15) is 0 Å². The van der Waals surface area contributed by atoms with Gasteiger partial charge in [0.2, 0.25) is 10.0 Å². The van der Waals surface area contributed by atoms with E-state index in [4.69, 9.17) is 11.6 Å². The van der Waals surface area contributed by atoms with E-state index >= 15 is 0 Å². The fraction of sp³-hybridized carbons (Fsp3) is 0.500. The van der Waals surface area contributed by atoms with Crippen molar-refractivity contribution in [3.05, 3.63) is 29.3 Å². The highest BCUT2D eigenvalue weighted by molar-refractivity contribution is 9.09. The predicted molar refractivity (Wildman–Crippen MR) is 76.7 cm³/mol. The summed E-state index contributed by atoms with van der Waals surface area (Å²) in [5.74, 6) is 0.409. The maximum Gasteiger partial charge on any atom is 0.242 e. The third-order valence-electron chi connectivity index (χ3n) is 3.17. The Morgan fingerprint density at radius 1 is 1.33 bits per heavy atom. The zero-order chi connectivity index (χ0) is 13.2. The van der Waals surface area contributed by atoms with E-state index in [1.165, 1.54) is 6.07 Å². The van der Waals surface area contributed by atoms with E-state index in [-0.39, 0.29) is 9.92 Å². The van der Waals surface area contributed by atoms with Gasteiger partial charge in [-0.25, -0.2) is 13.1 Å². The van der Waals surface area contributed by atoms with Crippen LogP contribution in [0.3, 0.4) is 0 Å². The summed E-state index contributed by atoms with van der Waals surface area (Å²) in [6.45, 7) is 0.482. The van der Waals surface area contributed by atoms with Crippen LogP contribution in [-0.4, -0.2) is 19.8 Å². The fourth-order valence-electron chi connectivity index (χ4n) is 2.17. The number of nitrogens with one attached hydrogen (secondary N) is 1. The molecule has 0 aromatic heterocycles. The smallest absolute Gasteiger partial charge is 0.211 e. The van der Waals surface area contributed by atoms with E-state index in [1.54, 1.807) is 18.2 Å². The van der Waals surface area contributed by atoms with Crippen LogP contribution in [0.5, 0.6) is 0 Å². The van der Waals surface area contributed by atoms with E-state index < -0.39 is 10.0 Å². The molecule has 3 nitrogen and oxygen atoms in total. The Kier molecular flexibility index (Phi) is 4.69. The van der Waals surface area contributed by atoms with Crippen molar-refractivity contribution in [1.82, 2.24) is 4.72 Å². The molecule has 0 spiro atoms. The molecule has 1 N–H and O–H groups in total. The van der Waals surface area contributed by atoms with E-state index in [1.807, 2.05) is 0 Å². The molecule has 1 aliphatic carbocycles. The van der Waals surface area contributed by atoms with Crippen LogP contribution >= 0.6 is 27.5 Å². The van der Waals surface area contributed by atoms with Crippen molar-refractivity contribution in [3.8, 4) is 0 Å². The highest BCUT2D eigenvalue weighted by atomic mass is 79.9. The monoisotopic (exact) mass is 351 g/mol. The Morgan fingerprint density at radius 3 is 2.67 bits per heavy atom. The lowest BCUT2D eigenvalue weighted by Crippen LogP contribution is -2.28. The number of benzene rings is 1. The van der Waals surface area contributed by atoms with Crippen LogP contribution in [0.1, 0.15) is 19.3 Å². The van der Waals surface area contributed by atoms with E-state index in [0.717, 1.165) is 19.3 Å². The first-order valence-corrected chi connectivity index (χ1v) is 8.65. The Bertz CT molecular complexity index is 521. The van der Waals surface area contributed by atoms with Gasteiger partial charge in [-0.15, -0.1) is 0 Å². The fourth-order valence-corrected chi connectivity index (χ4v) is 4.59. The normalized spacial score (nSPS) is 24.3. The maximum absolute atomic E-state index is 12.1. The lowest BCUT2D eigenvalue weighted by Gasteiger charge is -2.12. The van der Waals surface area contributed by atoms with Crippen molar-refractivity contribution in [3.63, 3.8) is 0 Å². The molecule has 1 aromatic rings. The Morgan fingerprint density at radius 2 is 2.06 bits per heavy atom. The van der Waals surface area contributed by atoms with Crippen LogP contribution in [0.25, 0.3) is 0 Å². The van der Waals surface area contributed by atoms with Crippen molar-refractivity contribution >= 4 is 37.6 Å².